The highest BCUT2D eigenvalue weighted by atomic mass is 35.5. The molecule has 0 bridgehead atoms. The maximum Gasteiger partial charge on any atom is 0.253 e. The number of halogens is 2. The van der Waals surface area contributed by atoms with Gasteiger partial charge in [-0.2, -0.15) is 0 Å². The van der Waals surface area contributed by atoms with Crippen molar-refractivity contribution in [3.05, 3.63) is 88.8 Å². The Morgan fingerprint density at radius 1 is 1.08 bits per heavy atom. The van der Waals surface area contributed by atoms with Gasteiger partial charge in [0, 0.05) is 29.0 Å². The first-order chi connectivity index (χ1) is 12.1. The number of rotatable bonds is 5. The van der Waals surface area contributed by atoms with Gasteiger partial charge in [0.2, 0.25) is 0 Å². The van der Waals surface area contributed by atoms with Crippen LogP contribution in [0.3, 0.4) is 0 Å². The van der Waals surface area contributed by atoms with Crippen LogP contribution in [0, 0.1) is 5.82 Å². The molecule has 126 valence electrons. The normalized spacial score (nSPS) is 10.3. The molecule has 4 nitrogen and oxygen atoms in total. The minimum absolute atomic E-state index is 0.119. The summed E-state index contributed by atoms with van der Waals surface area (Å²) < 4.78 is 13.5. The van der Waals surface area contributed by atoms with Crippen LogP contribution in [0.5, 0.6) is 0 Å². The Morgan fingerprint density at radius 2 is 1.92 bits per heavy atom. The lowest BCUT2D eigenvalue weighted by Crippen LogP contribution is -2.23. The SMILES string of the molecule is O=C(NCc1ccccc1F)c1ccc(Nc2cccc(Cl)c2)nc1. The van der Waals surface area contributed by atoms with Gasteiger partial charge in [-0.3, -0.25) is 4.79 Å². The van der Waals surface area contributed by atoms with E-state index in [4.69, 9.17) is 11.6 Å². The molecule has 0 saturated heterocycles. The fourth-order valence-corrected chi connectivity index (χ4v) is 2.43. The summed E-state index contributed by atoms with van der Waals surface area (Å²) in [5, 5.41) is 6.39. The number of nitrogens with zero attached hydrogens (tertiary/aromatic N) is 1. The van der Waals surface area contributed by atoms with E-state index in [0.717, 1.165) is 5.69 Å². The van der Waals surface area contributed by atoms with E-state index in [9.17, 15) is 9.18 Å². The van der Waals surface area contributed by atoms with E-state index in [2.05, 4.69) is 15.6 Å². The smallest absolute Gasteiger partial charge is 0.253 e. The summed E-state index contributed by atoms with van der Waals surface area (Å²) in [5.74, 6) is -0.0695. The van der Waals surface area contributed by atoms with Crippen molar-refractivity contribution >= 4 is 29.0 Å². The van der Waals surface area contributed by atoms with Gasteiger partial charge in [0.1, 0.15) is 11.6 Å². The molecular weight excluding hydrogens is 341 g/mol. The Labute approximate surface area is 149 Å². The van der Waals surface area contributed by atoms with Gasteiger partial charge in [-0.15, -0.1) is 0 Å². The molecule has 0 atom stereocenters. The van der Waals surface area contributed by atoms with Gasteiger partial charge >= 0.3 is 0 Å². The molecular formula is C19H15ClFN3O. The van der Waals surface area contributed by atoms with Crippen LogP contribution in [0.4, 0.5) is 15.9 Å². The molecule has 1 aromatic heterocycles. The Kier molecular flexibility index (Phi) is 5.26. The zero-order chi connectivity index (χ0) is 17.6. The summed E-state index contributed by atoms with van der Waals surface area (Å²) >= 11 is 5.93. The van der Waals surface area contributed by atoms with Crippen molar-refractivity contribution in [1.82, 2.24) is 10.3 Å². The third-order valence-electron chi connectivity index (χ3n) is 3.52. The van der Waals surface area contributed by atoms with Crippen LogP contribution in [0.15, 0.2) is 66.9 Å². The monoisotopic (exact) mass is 355 g/mol. The average Bonchev–Trinajstić information content (AvgIpc) is 2.61. The van der Waals surface area contributed by atoms with Crippen molar-refractivity contribution in [2.24, 2.45) is 0 Å². The first kappa shape index (κ1) is 16.9. The highest BCUT2D eigenvalue weighted by Crippen LogP contribution is 2.19. The number of carbonyl (C=O) groups excluding carboxylic acids is 1. The molecule has 6 heteroatoms. The van der Waals surface area contributed by atoms with E-state index in [1.54, 1.807) is 42.5 Å². The Bertz CT molecular complexity index is 884. The second-order valence-electron chi connectivity index (χ2n) is 5.34. The van der Waals surface area contributed by atoms with Crippen LogP contribution < -0.4 is 10.6 Å². The number of aromatic nitrogens is 1. The molecule has 2 aromatic carbocycles. The predicted molar refractivity (Wildman–Crippen MR) is 96.5 cm³/mol. The lowest BCUT2D eigenvalue weighted by Gasteiger charge is -2.08. The van der Waals surface area contributed by atoms with E-state index in [1.807, 2.05) is 12.1 Å². The minimum atomic E-state index is -0.345. The molecule has 0 spiro atoms. The van der Waals surface area contributed by atoms with Crippen LogP contribution in [-0.4, -0.2) is 10.9 Å². The predicted octanol–water partition coefficient (Wildman–Crippen LogP) is 4.55. The van der Waals surface area contributed by atoms with Crippen molar-refractivity contribution in [3.8, 4) is 0 Å². The lowest BCUT2D eigenvalue weighted by molar-refractivity contribution is 0.0950. The van der Waals surface area contributed by atoms with Crippen molar-refractivity contribution in [2.45, 2.75) is 6.54 Å². The molecule has 3 rings (SSSR count). The molecule has 2 N–H and O–H groups in total. The van der Waals surface area contributed by atoms with Crippen molar-refractivity contribution in [2.75, 3.05) is 5.32 Å². The van der Waals surface area contributed by atoms with E-state index in [0.29, 0.717) is 22.0 Å². The van der Waals surface area contributed by atoms with Crippen molar-refractivity contribution in [1.29, 1.82) is 0 Å². The van der Waals surface area contributed by atoms with Gasteiger partial charge in [-0.05, 0) is 36.4 Å². The summed E-state index contributed by atoms with van der Waals surface area (Å²) in [6.45, 7) is 0.119. The zero-order valence-electron chi connectivity index (χ0n) is 13.2. The Hall–Kier alpha value is -2.92. The highest BCUT2D eigenvalue weighted by Gasteiger charge is 2.08. The molecule has 0 fully saturated rings. The van der Waals surface area contributed by atoms with Gasteiger partial charge in [0.25, 0.3) is 5.91 Å². The maximum atomic E-state index is 13.5. The van der Waals surface area contributed by atoms with Crippen LogP contribution in [0.25, 0.3) is 0 Å². The van der Waals surface area contributed by atoms with E-state index < -0.39 is 0 Å². The fourth-order valence-electron chi connectivity index (χ4n) is 2.24. The van der Waals surface area contributed by atoms with Crippen LogP contribution in [0.2, 0.25) is 5.02 Å². The van der Waals surface area contributed by atoms with Crippen LogP contribution in [0.1, 0.15) is 15.9 Å². The molecule has 0 saturated carbocycles. The molecule has 0 aliphatic carbocycles. The minimum Gasteiger partial charge on any atom is -0.348 e. The van der Waals surface area contributed by atoms with Crippen LogP contribution >= 0.6 is 11.6 Å². The van der Waals surface area contributed by atoms with E-state index in [-0.39, 0.29) is 18.3 Å². The molecule has 1 amide bonds. The number of anilines is 2. The number of hydrogen-bond acceptors (Lipinski definition) is 3. The third kappa shape index (κ3) is 4.55. The summed E-state index contributed by atoms with van der Waals surface area (Å²) in [6.07, 6.45) is 1.46. The van der Waals surface area contributed by atoms with Crippen LogP contribution in [-0.2, 0) is 6.54 Å². The number of amides is 1. The summed E-state index contributed by atoms with van der Waals surface area (Å²) in [5.41, 5.74) is 1.63. The van der Waals surface area contributed by atoms with E-state index in [1.165, 1.54) is 12.3 Å². The molecule has 3 aromatic rings. The Balaban J connectivity index is 1.61. The number of benzene rings is 2. The second kappa shape index (κ2) is 7.77. The van der Waals surface area contributed by atoms with Gasteiger partial charge in [-0.1, -0.05) is 35.9 Å². The number of nitrogens with one attached hydrogen (secondary N) is 2. The summed E-state index contributed by atoms with van der Waals surface area (Å²) in [4.78, 5) is 16.3. The van der Waals surface area contributed by atoms with Gasteiger partial charge in [-0.25, -0.2) is 9.37 Å². The van der Waals surface area contributed by atoms with Gasteiger partial charge in [0.15, 0.2) is 0 Å². The van der Waals surface area contributed by atoms with Crippen molar-refractivity contribution in [3.63, 3.8) is 0 Å². The largest absolute Gasteiger partial charge is 0.348 e. The number of pyridine rings is 1. The summed E-state index contributed by atoms with van der Waals surface area (Å²) in [7, 11) is 0. The summed E-state index contributed by atoms with van der Waals surface area (Å²) in [6, 6.07) is 16.9. The molecule has 0 aliphatic heterocycles. The second-order valence-corrected chi connectivity index (χ2v) is 5.78. The number of carbonyl (C=O) groups is 1. The molecule has 0 aliphatic rings. The number of hydrogen-bond donors (Lipinski definition) is 2. The van der Waals surface area contributed by atoms with E-state index >= 15 is 0 Å². The van der Waals surface area contributed by atoms with Crippen molar-refractivity contribution < 1.29 is 9.18 Å². The quantitative estimate of drug-likeness (QED) is 0.706. The van der Waals surface area contributed by atoms with Gasteiger partial charge in [0.05, 0.1) is 5.56 Å². The first-order valence-electron chi connectivity index (χ1n) is 7.62. The lowest BCUT2D eigenvalue weighted by atomic mass is 10.2. The highest BCUT2D eigenvalue weighted by molar-refractivity contribution is 6.30. The molecule has 0 unspecified atom stereocenters. The average molecular weight is 356 g/mol. The molecule has 25 heavy (non-hydrogen) atoms. The standard InChI is InChI=1S/C19H15ClFN3O/c20-15-5-3-6-16(10-15)24-18-9-8-14(12-22-18)19(25)23-11-13-4-1-2-7-17(13)21/h1-10,12H,11H2,(H,22,24)(H,23,25). The third-order valence-corrected chi connectivity index (χ3v) is 3.76. The molecule has 1 heterocycles. The maximum absolute atomic E-state index is 13.5. The fraction of sp³-hybridized carbons (Fsp3) is 0.0526. The molecule has 0 radical (unpaired) electrons. The topological polar surface area (TPSA) is 54.0 Å². The zero-order valence-corrected chi connectivity index (χ0v) is 13.9. The first-order valence-corrected chi connectivity index (χ1v) is 8.00. The van der Waals surface area contributed by atoms with Gasteiger partial charge < -0.3 is 10.6 Å². The Morgan fingerprint density at radius 3 is 2.64 bits per heavy atom.